The average Bonchev–Trinajstić information content (AvgIpc) is 2.38. The molecule has 1 aromatic carbocycles. The zero-order valence-electron chi connectivity index (χ0n) is 12.2. The Morgan fingerprint density at radius 2 is 2.25 bits per heavy atom. The van der Waals surface area contributed by atoms with Crippen LogP contribution >= 0.6 is 0 Å². The molecule has 4 nitrogen and oxygen atoms in total. The molecule has 0 bridgehead atoms. The van der Waals surface area contributed by atoms with Gasteiger partial charge in [0.05, 0.1) is 0 Å². The van der Waals surface area contributed by atoms with Crippen molar-refractivity contribution in [2.24, 2.45) is 11.8 Å². The van der Waals surface area contributed by atoms with Crippen molar-refractivity contribution >= 4 is 17.4 Å². The first-order chi connectivity index (χ1) is 9.63. The second-order valence-corrected chi connectivity index (χ2v) is 5.93. The van der Waals surface area contributed by atoms with Crippen LogP contribution in [0.1, 0.15) is 39.0 Å². The van der Waals surface area contributed by atoms with E-state index in [1.165, 1.54) is 25.7 Å². The third-order valence-corrected chi connectivity index (χ3v) is 4.03. The predicted octanol–water partition coefficient (Wildman–Crippen LogP) is 3.61. The fourth-order valence-corrected chi connectivity index (χ4v) is 3.00. The fourth-order valence-electron chi connectivity index (χ4n) is 3.00. The summed E-state index contributed by atoms with van der Waals surface area (Å²) in [5, 5.41) is 5.72. The predicted molar refractivity (Wildman–Crippen MR) is 83.6 cm³/mol. The molecule has 2 rings (SSSR count). The molecule has 1 saturated carbocycles. The first-order valence-corrected chi connectivity index (χ1v) is 7.54. The number of hydrogen-bond donors (Lipinski definition) is 3. The van der Waals surface area contributed by atoms with Crippen molar-refractivity contribution in [3.63, 3.8) is 0 Å². The highest BCUT2D eigenvalue weighted by Gasteiger charge is 2.18. The number of amides is 2. The van der Waals surface area contributed by atoms with Crippen molar-refractivity contribution < 1.29 is 4.79 Å². The van der Waals surface area contributed by atoms with E-state index < -0.39 is 0 Å². The summed E-state index contributed by atoms with van der Waals surface area (Å²) in [5.41, 5.74) is 7.06. The summed E-state index contributed by atoms with van der Waals surface area (Å²) in [6.07, 6.45) is 6.39. The normalized spacial score (nSPS) is 22.2. The zero-order valence-corrected chi connectivity index (χ0v) is 12.2. The molecule has 1 aliphatic carbocycles. The van der Waals surface area contributed by atoms with Gasteiger partial charge in [0.25, 0.3) is 0 Å². The molecule has 4 heteroatoms. The van der Waals surface area contributed by atoms with Crippen LogP contribution in [0, 0.1) is 11.8 Å². The van der Waals surface area contributed by atoms with Crippen LogP contribution in [0.25, 0.3) is 0 Å². The minimum absolute atomic E-state index is 0.153. The molecule has 1 aromatic rings. The lowest BCUT2D eigenvalue weighted by Crippen LogP contribution is -2.31. The Labute approximate surface area is 121 Å². The van der Waals surface area contributed by atoms with Crippen molar-refractivity contribution in [2.75, 3.05) is 17.6 Å². The Morgan fingerprint density at radius 3 is 3.00 bits per heavy atom. The van der Waals surface area contributed by atoms with Crippen molar-refractivity contribution in [3.8, 4) is 0 Å². The second kappa shape index (κ2) is 7.17. The molecule has 4 N–H and O–H groups in total. The second-order valence-electron chi connectivity index (χ2n) is 5.93. The Morgan fingerprint density at radius 1 is 1.40 bits per heavy atom. The lowest BCUT2D eigenvalue weighted by atomic mass is 9.81. The molecular weight excluding hydrogens is 250 g/mol. The van der Waals surface area contributed by atoms with Crippen LogP contribution in [0.4, 0.5) is 16.2 Å². The van der Waals surface area contributed by atoms with Gasteiger partial charge in [0, 0.05) is 17.9 Å². The molecule has 20 heavy (non-hydrogen) atoms. The topological polar surface area (TPSA) is 67.2 Å². The zero-order chi connectivity index (χ0) is 14.4. The number of rotatable bonds is 4. The van der Waals surface area contributed by atoms with E-state index in [2.05, 4.69) is 17.6 Å². The van der Waals surface area contributed by atoms with Crippen LogP contribution < -0.4 is 16.4 Å². The maximum Gasteiger partial charge on any atom is 0.319 e. The van der Waals surface area contributed by atoms with E-state index in [1.807, 2.05) is 12.1 Å². The maximum atomic E-state index is 11.8. The van der Waals surface area contributed by atoms with E-state index in [4.69, 9.17) is 5.73 Å². The fraction of sp³-hybridized carbons (Fsp3) is 0.562. The van der Waals surface area contributed by atoms with Gasteiger partial charge < -0.3 is 16.4 Å². The minimum atomic E-state index is -0.153. The van der Waals surface area contributed by atoms with Crippen LogP contribution in [-0.2, 0) is 0 Å². The molecule has 1 fully saturated rings. The van der Waals surface area contributed by atoms with Crippen LogP contribution in [-0.4, -0.2) is 12.6 Å². The number of carbonyl (C=O) groups is 1. The highest BCUT2D eigenvalue weighted by Crippen LogP contribution is 2.30. The van der Waals surface area contributed by atoms with E-state index >= 15 is 0 Å². The number of anilines is 2. The van der Waals surface area contributed by atoms with Crippen molar-refractivity contribution in [1.82, 2.24) is 5.32 Å². The third kappa shape index (κ3) is 4.76. The van der Waals surface area contributed by atoms with Gasteiger partial charge in [0.1, 0.15) is 0 Å². The summed E-state index contributed by atoms with van der Waals surface area (Å²) in [5.74, 6) is 1.61. The van der Waals surface area contributed by atoms with E-state index in [9.17, 15) is 4.79 Å². The third-order valence-electron chi connectivity index (χ3n) is 4.03. The average molecular weight is 275 g/mol. The Balaban J connectivity index is 1.67. The number of urea groups is 1. The quantitative estimate of drug-likeness (QED) is 0.735. The van der Waals surface area contributed by atoms with Gasteiger partial charge in [-0.25, -0.2) is 4.79 Å². The highest BCUT2D eigenvalue weighted by molar-refractivity contribution is 5.89. The number of nitrogen functional groups attached to an aromatic ring is 1. The molecule has 2 amide bonds. The first-order valence-electron chi connectivity index (χ1n) is 7.54. The molecule has 0 radical (unpaired) electrons. The largest absolute Gasteiger partial charge is 0.399 e. The van der Waals surface area contributed by atoms with Crippen molar-refractivity contribution in [1.29, 1.82) is 0 Å². The minimum Gasteiger partial charge on any atom is -0.399 e. The SMILES string of the molecule is CC1CCCC(CCNC(=O)Nc2cccc(N)c2)C1. The van der Waals surface area contributed by atoms with E-state index in [0.29, 0.717) is 5.69 Å². The summed E-state index contributed by atoms with van der Waals surface area (Å²) in [6.45, 7) is 3.07. The summed E-state index contributed by atoms with van der Waals surface area (Å²) in [7, 11) is 0. The Hall–Kier alpha value is -1.71. The lowest BCUT2D eigenvalue weighted by Gasteiger charge is -2.26. The smallest absolute Gasteiger partial charge is 0.319 e. The molecular formula is C16H25N3O. The molecule has 1 aliphatic rings. The molecule has 0 aromatic heterocycles. The summed E-state index contributed by atoms with van der Waals surface area (Å²) in [6, 6.07) is 7.06. The van der Waals surface area contributed by atoms with Gasteiger partial charge in [-0.1, -0.05) is 32.3 Å². The number of hydrogen-bond acceptors (Lipinski definition) is 2. The van der Waals surface area contributed by atoms with Crippen molar-refractivity contribution in [2.45, 2.75) is 39.0 Å². The van der Waals surface area contributed by atoms with Crippen LogP contribution in [0.15, 0.2) is 24.3 Å². The Bertz CT molecular complexity index is 447. The lowest BCUT2D eigenvalue weighted by molar-refractivity contribution is 0.245. The van der Waals surface area contributed by atoms with Gasteiger partial charge in [-0.3, -0.25) is 0 Å². The highest BCUT2D eigenvalue weighted by atomic mass is 16.2. The van der Waals surface area contributed by atoms with Gasteiger partial charge >= 0.3 is 6.03 Å². The van der Waals surface area contributed by atoms with E-state index in [0.717, 1.165) is 30.5 Å². The number of benzene rings is 1. The molecule has 0 heterocycles. The van der Waals surface area contributed by atoms with Gasteiger partial charge in [-0.05, 0) is 42.9 Å². The van der Waals surface area contributed by atoms with Gasteiger partial charge in [0.15, 0.2) is 0 Å². The van der Waals surface area contributed by atoms with Gasteiger partial charge in [0.2, 0.25) is 0 Å². The number of carbonyl (C=O) groups excluding carboxylic acids is 1. The van der Waals surface area contributed by atoms with Crippen LogP contribution in [0.2, 0.25) is 0 Å². The Kier molecular flexibility index (Phi) is 5.27. The number of nitrogens with one attached hydrogen (secondary N) is 2. The monoisotopic (exact) mass is 275 g/mol. The van der Waals surface area contributed by atoms with Crippen molar-refractivity contribution in [3.05, 3.63) is 24.3 Å². The summed E-state index contributed by atoms with van der Waals surface area (Å²) < 4.78 is 0. The van der Waals surface area contributed by atoms with Crippen LogP contribution in [0.3, 0.4) is 0 Å². The summed E-state index contributed by atoms with van der Waals surface area (Å²) >= 11 is 0. The standard InChI is InChI=1S/C16H25N3O/c1-12-4-2-5-13(10-12)8-9-18-16(20)19-15-7-3-6-14(17)11-15/h3,6-7,11-13H,2,4-5,8-10,17H2,1H3,(H2,18,19,20). The van der Waals surface area contributed by atoms with E-state index in [1.54, 1.807) is 12.1 Å². The van der Waals surface area contributed by atoms with Crippen LogP contribution in [0.5, 0.6) is 0 Å². The van der Waals surface area contributed by atoms with Gasteiger partial charge in [-0.15, -0.1) is 0 Å². The molecule has 2 unspecified atom stereocenters. The maximum absolute atomic E-state index is 11.8. The molecule has 110 valence electrons. The molecule has 2 atom stereocenters. The van der Waals surface area contributed by atoms with E-state index in [-0.39, 0.29) is 6.03 Å². The first kappa shape index (κ1) is 14.7. The van der Waals surface area contributed by atoms with Gasteiger partial charge in [-0.2, -0.15) is 0 Å². The molecule has 0 saturated heterocycles. The summed E-state index contributed by atoms with van der Waals surface area (Å²) in [4.78, 5) is 11.8. The molecule has 0 spiro atoms. The molecule has 0 aliphatic heterocycles. The number of nitrogens with two attached hydrogens (primary N) is 1.